The van der Waals surface area contributed by atoms with Crippen LogP contribution in [0.5, 0.6) is 0 Å². The number of nitro benzene ring substituents is 1. The van der Waals surface area contributed by atoms with Crippen molar-refractivity contribution < 1.29 is 14.5 Å². The van der Waals surface area contributed by atoms with Gasteiger partial charge < -0.3 is 5.32 Å². The van der Waals surface area contributed by atoms with Gasteiger partial charge in [0.25, 0.3) is 11.6 Å². The van der Waals surface area contributed by atoms with Crippen molar-refractivity contribution in [2.24, 2.45) is 10.9 Å². The molecule has 0 radical (unpaired) electrons. The highest BCUT2D eigenvalue weighted by molar-refractivity contribution is 9.10. The Hall–Kier alpha value is -2.98. The van der Waals surface area contributed by atoms with Crippen LogP contribution in [0, 0.1) is 23.0 Å². The molecule has 28 heavy (non-hydrogen) atoms. The van der Waals surface area contributed by atoms with Gasteiger partial charge in [0.05, 0.1) is 16.3 Å². The van der Waals surface area contributed by atoms with E-state index >= 15 is 0 Å². The molecule has 2 aromatic carbocycles. The van der Waals surface area contributed by atoms with Gasteiger partial charge in [-0.05, 0) is 49.5 Å². The van der Waals surface area contributed by atoms with Crippen LogP contribution in [0.1, 0.15) is 5.56 Å². The minimum absolute atomic E-state index is 0.0204. The number of hydrogen-bond acceptors (Lipinski definition) is 6. The van der Waals surface area contributed by atoms with Gasteiger partial charge in [-0.15, -0.1) is 0 Å². The third-order valence-corrected chi connectivity index (χ3v) is 4.86. The highest BCUT2D eigenvalue weighted by Crippen LogP contribution is 2.25. The Morgan fingerprint density at radius 2 is 1.93 bits per heavy atom. The second kappa shape index (κ2) is 7.95. The molecule has 2 aromatic rings. The maximum Gasteiger partial charge on any atom is 0.274 e. The first-order valence-electron chi connectivity index (χ1n) is 8.01. The Kier molecular flexibility index (Phi) is 5.61. The van der Waals surface area contributed by atoms with Gasteiger partial charge in [0.2, 0.25) is 5.91 Å². The molecule has 1 fully saturated rings. The van der Waals surface area contributed by atoms with Gasteiger partial charge >= 0.3 is 0 Å². The van der Waals surface area contributed by atoms with Crippen LogP contribution < -0.4 is 10.2 Å². The Morgan fingerprint density at radius 3 is 2.57 bits per heavy atom. The predicted molar refractivity (Wildman–Crippen MR) is 112 cm³/mol. The van der Waals surface area contributed by atoms with E-state index in [1.165, 1.54) is 17.2 Å². The van der Waals surface area contributed by atoms with Gasteiger partial charge in [-0.1, -0.05) is 22.0 Å². The quantitative estimate of drug-likeness (QED) is 0.247. The number of carbonyl (C=O) groups excluding carboxylic acids is 2. The van der Waals surface area contributed by atoms with Crippen molar-refractivity contribution in [1.82, 2.24) is 5.32 Å². The monoisotopic (exact) mass is 460 g/mol. The third kappa shape index (κ3) is 3.97. The summed E-state index contributed by atoms with van der Waals surface area (Å²) < 4.78 is 0.828. The van der Waals surface area contributed by atoms with Gasteiger partial charge in [0.15, 0.2) is 11.0 Å². The van der Waals surface area contributed by atoms with Crippen LogP contribution in [0.25, 0.3) is 0 Å². The number of nitrogens with one attached hydrogen (secondary N) is 1. The maximum atomic E-state index is 12.8. The Labute approximate surface area is 173 Å². The predicted octanol–water partition coefficient (Wildman–Crippen LogP) is 3.43. The van der Waals surface area contributed by atoms with E-state index in [2.05, 4.69) is 26.2 Å². The Bertz CT molecular complexity index is 1020. The number of halogens is 1. The Morgan fingerprint density at radius 1 is 1.25 bits per heavy atom. The molecule has 1 aliphatic heterocycles. The van der Waals surface area contributed by atoms with Crippen molar-refractivity contribution >= 4 is 68.4 Å². The number of anilines is 1. The normalized spacial score (nSPS) is 17.1. The molecule has 1 aliphatic rings. The lowest BCUT2D eigenvalue weighted by atomic mass is 10.1. The van der Waals surface area contributed by atoms with Crippen molar-refractivity contribution in [3.8, 4) is 0 Å². The summed E-state index contributed by atoms with van der Waals surface area (Å²) in [5.41, 5.74) is 1.16. The lowest BCUT2D eigenvalue weighted by Gasteiger charge is -2.30. The molecular formula is C18H13BrN4O4S. The fourth-order valence-corrected chi connectivity index (χ4v) is 3.15. The Balaban J connectivity index is 1.89. The van der Waals surface area contributed by atoms with Crippen molar-refractivity contribution in [1.29, 1.82) is 0 Å². The minimum Gasteiger partial charge on any atom is -0.301 e. The molecule has 0 saturated carbocycles. The number of aliphatic imine (C=N–C) groups is 1. The lowest BCUT2D eigenvalue weighted by Crippen LogP contribution is -2.58. The van der Waals surface area contributed by atoms with E-state index in [0.29, 0.717) is 11.3 Å². The summed E-state index contributed by atoms with van der Waals surface area (Å²) in [5.74, 6) is -2.37. The van der Waals surface area contributed by atoms with E-state index in [1.807, 2.05) is 0 Å². The maximum absolute atomic E-state index is 12.8. The molecule has 1 atom stereocenters. The molecule has 0 spiro atoms. The second-order valence-corrected chi connectivity index (χ2v) is 7.23. The number of benzene rings is 2. The standard InChI is InChI=1S/C18H13BrN4O4S/c1-10-2-5-12(8-15(10)23(26)27)20-9-14-16(24)21-18(28)22(17(14)25)13-6-3-11(19)4-7-13/h2-9,14H,1H3,(H,21,24,28)/t14-/m0/s1. The lowest BCUT2D eigenvalue weighted by molar-refractivity contribution is -0.385. The van der Waals surface area contributed by atoms with Crippen molar-refractivity contribution in [2.75, 3.05) is 4.90 Å². The summed E-state index contributed by atoms with van der Waals surface area (Å²) in [6.45, 7) is 1.61. The molecule has 0 bridgehead atoms. The number of nitro groups is 1. The summed E-state index contributed by atoms with van der Waals surface area (Å²) in [4.78, 5) is 40.9. The van der Waals surface area contributed by atoms with Crippen LogP contribution in [0.15, 0.2) is 51.9 Å². The van der Waals surface area contributed by atoms with E-state index < -0.39 is 22.7 Å². The fraction of sp³-hybridized carbons (Fsp3) is 0.111. The van der Waals surface area contributed by atoms with Gasteiger partial charge in [0, 0.05) is 22.3 Å². The van der Waals surface area contributed by atoms with Crippen molar-refractivity contribution in [3.63, 3.8) is 0 Å². The van der Waals surface area contributed by atoms with E-state index in [9.17, 15) is 19.7 Å². The first-order chi connectivity index (χ1) is 13.3. The molecule has 0 aromatic heterocycles. The molecular weight excluding hydrogens is 448 g/mol. The zero-order valence-corrected chi connectivity index (χ0v) is 16.9. The number of carbonyl (C=O) groups is 2. The summed E-state index contributed by atoms with van der Waals surface area (Å²) in [6.07, 6.45) is 1.17. The molecule has 3 rings (SSSR count). The number of rotatable bonds is 4. The van der Waals surface area contributed by atoms with Crippen LogP contribution in [0.3, 0.4) is 0 Å². The van der Waals surface area contributed by atoms with Crippen LogP contribution in [-0.4, -0.2) is 28.1 Å². The van der Waals surface area contributed by atoms with Crippen LogP contribution >= 0.6 is 28.1 Å². The van der Waals surface area contributed by atoms with Gasteiger partial charge in [-0.25, -0.2) is 0 Å². The van der Waals surface area contributed by atoms with Crippen LogP contribution in [0.4, 0.5) is 17.1 Å². The summed E-state index contributed by atoms with van der Waals surface area (Å²) >= 11 is 8.45. The zero-order chi connectivity index (χ0) is 20.4. The van der Waals surface area contributed by atoms with Crippen molar-refractivity contribution in [3.05, 3.63) is 62.6 Å². The fourth-order valence-electron chi connectivity index (χ4n) is 2.59. The highest BCUT2D eigenvalue weighted by Gasteiger charge is 2.38. The zero-order valence-electron chi connectivity index (χ0n) is 14.5. The smallest absolute Gasteiger partial charge is 0.274 e. The summed E-state index contributed by atoms with van der Waals surface area (Å²) in [5, 5.41) is 13.5. The van der Waals surface area contributed by atoms with Crippen molar-refractivity contribution in [2.45, 2.75) is 6.92 Å². The number of amides is 2. The molecule has 142 valence electrons. The largest absolute Gasteiger partial charge is 0.301 e. The highest BCUT2D eigenvalue weighted by atomic mass is 79.9. The first kappa shape index (κ1) is 19.8. The number of hydrogen-bond donors (Lipinski definition) is 1. The SMILES string of the molecule is Cc1ccc(N=C[C@H]2C(=O)NC(=S)N(c3ccc(Br)cc3)C2=O)cc1[N+](=O)[O-]. The van der Waals surface area contributed by atoms with E-state index in [4.69, 9.17) is 12.2 Å². The molecule has 2 amide bonds. The number of thiocarbonyl (C=S) groups is 1. The van der Waals surface area contributed by atoms with E-state index in [1.54, 1.807) is 43.3 Å². The van der Waals surface area contributed by atoms with Gasteiger partial charge in [0.1, 0.15) is 0 Å². The summed E-state index contributed by atoms with van der Waals surface area (Å²) in [6, 6.07) is 11.3. The molecule has 8 nitrogen and oxygen atoms in total. The number of nitrogens with zero attached hydrogens (tertiary/aromatic N) is 3. The van der Waals surface area contributed by atoms with Crippen LogP contribution in [-0.2, 0) is 9.59 Å². The van der Waals surface area contributed by atoms with Gasteiger partial charge in [-0.2, -0.15) is 0 Å². The molecule has 1 saturated heterocycles. The molecule has 1 N–H and O–H groups in total. The first-order valence-corrected chi connectivity index (χ1v) is 9.21. The molecule has 0 unspecified atom stereocenters. The minimum atomic E-state index is -1.21. The molecule has 1 heterocycles. The van der Waals surface area contributed by atoms with Gasteiger partial charge in [-0.3, -0.25) is 29.6 Å². The summed E-state index contributed by atoms with van der Waals surface area (Å²) in [7, 11) is 0. The average molecular weight is 461 g/mol. The number of aryl methyl sites for hydroxylation is 1. The van der Waals surface area contributed by atoms with Crippen LogP contribution in [0.2, 0.25) is 0 Å². The molecule has 10 heteroatoms. The average Bonchev–Trinajstić information content (AvgIpc) is 2.63. The topological polar surface area (TPSA) is 105 Å². The van der Waals surface area contributed by atoms with E-state index in [0.717, 1.165) is 4.47 Å². The second-order valence-electron chi connectivity index (χ2n) is 5.93. The van der Waals surface area contributed by atoms with E-state index in [-0.39, 0.29) is 16.5 Å². The third-order valence-electron chi connectivity index (χ3n) is 4.05. The molecule has 0 aliphatic carbocycles.